The molecule has 0 N–H and O–H groups in total. The Labute approximate surface area is 113 Å². The number of aromatic nitrogens is 3. The van der Waals surface area contributed by atoms with Gasteiger partial charge in [0.1, 0.15) is 5.75 Å². The number of hydrogen-bond acceptors (Lipinski definition) is 4. The minimum absolute atomic E-state index is 0.451. The summed E-state index contributed by atoms with van der Waals surface area (Å²) in [6.45, 7) is 0. The summed E-state index contributed by atoms with van der Waals surface area (Å²) in [5.41, 5.74) is 2.47. The summed E-state index contributed by atoms with van der Waals surface area (Å²) in [5.74, 6) is 0.0224. The van der Waals surface area contributed by atoms with Gasteiger partial charge in [-0.25, -0.2) is 9.50 Å². The van der Waals surface area contributed by atoms with Crippen LogP contribution in [0.15, 0.2) is 36.8 Å². The maximum atomic E-state index is 12.9. The van der Waals surface area contributed by atoms with Crippen molar-refractivity contribution in [2.75, 3.05) is 7.11 Å². The van der Waals surface area contributed by atoms with Gasteiger partial charge in [0.25, 0.3) is 0 Å². The van der Waals surface area contributed by atoms with Crippen molar-refractivity contribution in [3.8, 4) is 16.9 Å². The molecule has 3 aromatic heterocycles. The van der Waals surface area contributed by atoms with Gasteiger partial charge in [-0.15, -0.1) is 0 Å². The Hall–Kier alpha value is -2.76. The lowest BCUT2D eigenvalue weighted by Crippen LogP contribution is -1.95. The molecule has 0 fully saturated rings. The molecule has 0 saturated heterocycles. The Morgan fingerprint density at radius 1 is 1.35 bits per heavy atom. The quantitative estimate of drug-likeness (QED) is 0.542. The fourth-order valence-corrected chi connectivity index (χ4v) is 2.07. The smallest absolute Gasteiger partial charge is 0.212 e. The van der Waals surface area contributed by atoms with E-state index in [2.05, 4.69) is 10.1 Å². The number of pyridine rings is 2. The van der Waals surface area contributed by atoms with Crippen LogP contribution in [0.2, 0.25) is 0 Å². The first kappa shape index (κ1) is 12.3. The van der Waals surface area contributed by atoms with Gasteiger partial charge in [0.15, 0.2) is 6.29 Å². The fourth-order valence-electron chi connectivity index (χ4n) is 2.07. The first-order chi connectivity index (χ1) is 9.72. The Morgan fingerprint density at radius 3 is 2.85 bits per heavy atom. The lowest BCUT2D eigenvalue weighted by Gasteiger charge is -2.08. The van der Waals surface area contributed by atoms with Crippen molar-refractivity contribution in [2.45, 2.75) is 0 Å². The molecule has 0 aromatic carbocycles. The maximum Gasteiger partial charge on any atom is 0.212 e. The van der Waals surface area contributed by atoms with Crippen LogP contribution in [0, 0.1) is 5.95 Å². The van der Waals surface area contributed by atoms with Gasteiger partial charge in [-0.2, -0.15) is 9.49 Å². The normalized spacial score (nSPS) is 10.7. The molecule has 20 heavy (non-hydrogen) atoms. The molecule has 5 nitrogen and oxygen atoms in total. The summed E-state index contributed by atoms with van der Waals surface area (Å²) in [6.07, 6.45) is 5.28. The van der Waals surface area contributed by atoms with Crippen molar-refractivity contribution in [1.82, 2.24) is 14.6 Å². The molecule has 0 radical (unpaired) electrons. The number of ether oxygens (including phenoxy) is 1. The first-order valence-electron chi connectivity index (χ1n) is 5.85. The van der Waals surface area contributed by atoms with Gasteiger partial charge < -0.3 is 4.74 Å². The molecule has 0 amide bonds. The van der Waals surface area contributed by atoms with Crippen molar-refractivity contribution < 1.29 is 13.9 Å². The largest absolute Gasteiger partial charge is 0.495 e. The standard InChI is InChI=1S/C14H10FN3O2/c1-20-11-4-12(9-2-3-13(15)16-5-9)14-10(8-19)6-17-18(14)7-11/h2-8H,1H3. The number of fused-ring (bicyclic) bond motifs is 1. The topological polar surface area (TPSA) is 56.5 Å². The minimum Gasteiger partial charge on any atom is -0.495 e. The average molecular weight is 271 g/mol. The molecule has 0 unspecified atom stereocenters. The van der Waals surface area contributed by atoms with Gasteiger partial charge in [-0.3, -0.25) is 4.79 Å². The molecular formula is C14H10FN3O2. The second kappa shape index (κ2) is 4.73. The van der Waals surface area contributed by atoms with E-state index in [4.69, 9.17) is 4.74 Å². The van der Waals surface area contributed by atoms with Crippen LogP contribution in [0.25, 0.3) is 16.6 Å². The highest BCUT2D eigenvalue weighted by molar-refractivity contribution is 5.94. The van der Waals surface area contributed by atoms with Crippen LogP contribution in [0.1, 0.15) is 10.4 Å². The highest BCUT2D eigenvalue weighted by Gasteiger charge is 2.13. The Balaban J connectivity index is 2.33. The number of carbonyl (C=O) groups is 1. The van der Waals surface area contributed by atoms with E-state index in [1.807, 2.05) is 0 Å². The molecule has 3 rings (SSSR count). The highest BCUT2D eigenvalue weighted by Crippen LogP contribution is 2.29. The van der Waals surface area contributed by atoms with Crippen molar-refractivity contribution in [3.63, 3.8) is 0 Å². The van der Waals surface area contributed by atoms with Gasteiger partial charge in [0.05, 0.1) is 30.6 Å². The Kier molecular flexibility index (Phi) is 2.90. The molecular weight excluding hydrogens is 261 g/mol. The van der Waals surface area contributed by atoms with Crippen molar-refractivity contribution in [1.29, 1.82) is 0 Å². The van der Waals surface area contributed by atoms with E-state index in [0.29, 0.717) is 28.0 Å². The average Bonchev–Trinajstić information content (AvgIpc) is 2.90. The molecule has 0 spiro atoms. The van der Waals surface area contributed by atoms with Crippen LogP contribution in [0.4, 0.5) is 4.39 Å². The Morgan fingerprint density at radius 2 is 2.20 bits per heavy atom. The fraction of sp³-hybridized carbons (Fsp3) is 0.0714. The Bertz CT molecular complexity index is 781. The van der Waals surface area contributed by atoms with Crippen molar-refractivity contribution in [3.05, 3.63) is 48.3 Å². The molecule has 3 heterocycles. The monoisotopic (exact) mass is 271 g/mol. The zero-order valence-electron chi connectivity index (χ0n) is 10.6. The predicted molar refractivity (Wildman–Crippen MR) is 70.3 cm³/mol. The maximum absolute atomic E-state index is 12.9. The number of methoxy groups -OCH3 is 1. The third kappa shape index (κ3) is 1.91. The summed E-state index contributed by atoms with van der Waals surface area (Å²) < 4.78 is 19.7. The second-order valence-corrected chi connectivity index (χ2v) is 4.17. The van der Waals surface area contributed by atoms with Crippen LogP contribution >= 0.6 is 0 Å². The SMILES string of the molecule is COc1cc(-c2ccc(F)nc2)c2c(C=O)cnn2c1. The van der Waals surface area contributed by atoms with Crippen LogP contribution in [0.3, 0.4) is 0 Å². The van der Waals surface area contributed by atoms with Gasteiger partial charge in [-0.05, 0) is 18.2 Å². The molecule has 0 aliphatic heterocycles. The van der Waals surface area contributed by atoms with E-state index in [0.717, 1.165) is 6.29 Å². The second-order valence-electron chi connectivity index (χ2n) is 4.17. The molecule has 6 heteroatoms. The van der Waals surface area contributed by atoms with Gasteiger partial charge in [0, 0.05) is 17.3 Å². The summed E-state index contributed by atoms with van der Waals surface area (Å²) in [5, 5.41) is 4.11. The van der Waals surface area contributed by atoms with E-state index in [1.165, 1.54) is 25.6 Å². The van der Waals surface area contributed by atoms with Crippen LogP contribution in [0.5, 0.6) is 5.75 Å². The minimum atomic E-state index is -0.559. The number of nitrogens with zero attached hydrogens (tertiary/aromatic N) is 3. The van der Waals surface area contributed by atoms with Crippen LogP contribution in [-0.2, 0) is 0 Å². The van der Waals surface area contributed by atoms with E-state index in [9.17, 15) is 9.18 Å². The first-order valence-corrected chi connectivity index (χ1v) is 5.85. The lowest BCUT2D eigenvalue weighted by molar-refractivity contribution is 0.112. The third-order valence-corrected chi connectivity index (χ3v) is 3.02. The summed E-state index contributed by atoms with van der Waals surface area (Å²) in [6, 6.07) is 4.62. The molecule has 0 aliphatic carbocycles. The molecule has 0 bridgehead atoms. The zero-order chi connectivity index (χ0) is 14.1. The van der Waals surface area contributed by atoms with Crippen LogP contribution < -0.4 is 4.74 Å². The summed E-state index contributed by atoms with van der Waals surface area (Å²) in [7, 11) is 1.54. The van der Waals surface area contributed by atoms with Gasteiger partial charge in [-0.1, -0.05) is 0 Å². The molecule has 0 saturated carbocycles. The zero-order valence-corrected chi connectivity index (χ0v) is 10.6. The van der Waals surface area contributed by atoms with E-state index in [-0.39, 0.29) is 0 Å². The summed E-state index contributed by atoms with van der Waals surface area (Å²) in [4.78, 5) is 14.7. The predicted octanol–water partition coefficient (Wildman–Crippen LogP) is 2.36. The van der Waals surface area contributed by atoms with Gasteiger partial charge >= 0.3 is 0 Å². The lowest BCUT2D eigenvalue weighted by atomic mass is 10.1. The van der Waals surface area contributed by atoms with Crippen molar-refractivity contribution in [2.24, 2.45) is 0 Å². The molecule has 0 atom stereocenters. The number of aldehydes is 1. The molecule has 0 aliphatic rings. The number of hydrogen-bond donors (Lipinski definition) is 0. The molecule has 100 valence electrons. The van der Waals surface area contributed by atoms with E-state index in [1.54, 1.807) is 22.8 Å². The number of rotatable bonds is 3. The third-order valence-electron chi connectivity index (χ3n) is 3.02. The molecule has 3 aromatic rings. The van der Waals surface area contributed by atoms with Crippen molar-refractivity contribution >= 4 is 11.8 Å². The van der Waals surface area contributed by atoms with Crippen LogP contribution in [-0.4, -0.2) is 28.0 Å². The highest BCUT2D eigenvalue weighted by atomic mass is 19.1. The number of halogens is 1. The summed E-state index contributed by atoms with van der Waals surface area (Å²) >= 11 is 0. The van der Waals surface area contributed by atoms with E-state index < -0.39 is 5.95 Å². The van der Waals surface area contributed by atoms with E-state index >= 15 is 0 Å². The van der Waals surface area contributed by atoms with Gasteiger partial charge in [0.2, 0.25) is 5.95 Å². The number of carbonyl (C=O) groups excluding carboxylic acids is 1.